The van der Waals surface area contributed by atoms with Crippen molar-refractivity contribution < 1.29 is 14.4 Å². The van der Waals surface area contributed by atoms with Gasteiger partial charge in [-0.15, -0.1) is 0 Å². The van der Waals surface area contributed by atoms with E-state index in [1.165, 1.54) is 66.7 Å². The maximum absolute atomic E-state index is 14.3. The van der Waals surface area contributed by atoms with Gasteiger partial charge in [0.25, 0.3) is 22.2 Å². The van der Waals surface area contributed by atoms with Gasteiger partial charge >= 0.3 is 0 Å². The van der Waals surface area contributed by atoms with Crippen LogP contribution in [-0.4, -0.2) is 26.5 Å². The number of nitrogens with zero attached hydrogens (tertiary/aromatic N) is 2. The number of halogens is 1. The summed E-state index contributed by atoms with van der Waals surface area (Å²) in [6.07, 6.45) is 6.05. The first-order chi connectivity index (χ1) is 27.6. The van der Waals surface area contributed by atoms with E-state index < -0.39 is 28.0 Å². The van der Waals surface area contributed by atoms with E-state index in [0.29, 0.717) is 27.3 Å². The van der Waals surface area contributed by atoms with Crippen LogP contribution in [-0.2, 0) is 0 Å². The first-order valence-corrected chi connectivity index (χ1v) is 18.0. The number of carbonyl (C=O) groups is 3. The molecule has 6 aromatic carbocycles. The monoisotopic (exact) mass is 766 g/mol. The fourth-order valence-electron chi connectivity index (χ4n) is 6.77. The van der Waals surface area contributed by atoms with Crippen LogP contribution in [0.3, 0.4) is 0 Å². The molecule has 2 heterocycles. The molecule has 8 aromatic rings. The molecular formula is C47H27ClN2O7. The van der Waals surface area contributed by atoms with Crippen LogP contribution < -0.4 is 22.2 Å². The highest BCUT2D eigenvalue weighted by atomic mass is 35.5. The molecule has 0 saturated heterocycles. The summed E-state index contributed by atoms with van der Waals surface area (Å²) in [5.74, 6) is -1.15. The number of rotatable bonds is 10. The SMILES string of the molecule is O=C(/C=C/c1ccc(-n2c(=O)c3cc4c(=O)n(-c5ccc(/C=C/C(=O)c6ccccc6)cc5)c(=O)c4c(C(=O)c4ccc(Cl)cc4)c3c2=O)cc1)c1ccccc1. The molecule has 0 spiro atoms. The molecule has 57 heavy (non-hydrogen) atoms. The molecule has 10 heteroatoms. The second-order valence-electron chi connectivity index (χ2n) is 13.1. The molecule has 0 fully saturated rings. The Morgan fingerprint density at radius 2 is 0.860 bits per heavy atom. The third kappa shape index (κ3) is 6.73. The molecule has 0 unspecified atom stereocenters. The smallest absolute Gasteiger partial charge is 0.266 e. The Kier molecular flexibility index (Phi) is 9.50. The summed E-state index contributed by atoms with van der Waals surface area (Å²) < 4.78 is 1.78. The van der Waals surface area contributed by atoms with Gasteiger partial charge in [0, 0.05) is 27.3 Å². The molecule has 0 aliphatic heterocycles. The highest BCUT2D eigenvalue weighted by Crippen LogP contribution is 2.27. The van der Waals surface area contributed by atoms with Gasteiger partial charge in [-0.25, -0.2) is 9.13 Å². The molecule has 0 aliphatic rings. The number of hydrogen-bond donors (Lipinski definition) is 0. The normalized spacial score (nSPS) is 11.6. The Hall–Kier alpha value is -7.62. The van der Waals surface area contributed by atoms with Gasteiger partial charge < -0.3 is 0 Å². The molecule has 0 aliphatic carbocycles. The van der Waals surface area contributed by atoms with E-state index in [0.717, 1.165) is 9.13 Å². The van der Waals surface area contributed by atoms with E-state index in [2.05, 4.69) is 0 Å². The lowest BCUT2D eigenvalue weighted by Crippen LogP contribution is -2.24. The van der Waals surface area contributed by atoms with Gasteiger partial charge in [-0.1, -0.05) is 109 Å². The van der Waals surface area contributed by atoms with Crippen LogP contribution in [0.25, 0.3) is 45.1 Å². The van der Waals surface area contributed by atoms with Crippen LogP contribution in [0.1, 0.15) is 47.8 Å². The molecule has 274 valence electrons. The van der Waals surface area contributed by atoms with E-state index >= 15 is 0 Å². The molecule has 0 saturated carbocycles. The van der Waals surface area contributed by atoms with Crippen molar-refractivity contribution in [1.29, 1.82) is 0 Å². The standard InChI is InChI=1S/C47H27ClN2O7/c48-33-19-17-32(18-20-33)43(53)42-40-36(44(54)49(46(40)56)34-21-11-28(12-22-34)15-25-38(51)30-7-3-1-4-8-30)27-37-41(42)47(57)50(45(37)55)35-23-13-29(14-24-35)16-26-39(52)31-9-5-2-6-10-31/h1-27H/b25-15+,26-16+. The number of benzene rings is 6. The zero-order valence-corrected chi connectivity index (χ0v) is 30.5. The summed E-state index contributed by atoms with van der Waals surface area (Å²) in [7, 11) is 0. The van der Waals surface area contributed by atoms with Crippen molar-refractivity contribution in [3.8, 4) is 11.4 Å². The summed E-state index contributed by atoms with van der Waals surface area (Å²) in [6, 6.07) is 37.1. The predicted octanol–water partition coefficient (Wildman–Crippen LogP) is 7.57. The third-order valence-electron chi connectivity index (χ3n) is 9.64. The van der Waals surface area contributed by atoms with Crippen molar-refractivity contribution in [2.24, 2.45) is 0 Å². The van der Waals surface area contributed by atoms with Crippen LogP contribution in [0.5, 0.6) is 0 Å². The van der Waals surface area contributed by atoms with Gasteiger partial charge in [0.1, 0.15) is 0 Å². The molecule has 8 rings (SSSR count). The van der Waals surface area contributed by atoms with Gasteiger partial charge in [-0.05, 0) is 77.9 Å². The summed E-state index contributed by atoms with van der Waals surface area (Å²) in [5, 5.41) is -0.680. The van der Waals surface area contributed by atoms with Crippen LogP contribution in [0.4, 0.5) is 0 Å². The molecule has 0 bridgehead atoms. The van der Waals surface area contributed by atoms with E-state index in [1.54, 1.807) is 84.9 Å². The number of aromatic nitrogens is 2. The fraction of sp³-hybridized carbons (Fsp3) is 0. The molecular weight excluding hydrogens is 740 g/mol. The number of hydrogen-bond acceptors (Lipinski definition) is 7. The average Bonchev–Trinajstić information content (AvgIpc) is 3.65. The Bertz CT molecular complexity index is 2990. The average molecular weight is 767 g/mol. The minimum absolute atomic E-state index is 0.0785. The first kappa shape index (κ1) is 36.4. The lowest BCUT2D eigenvalue weighted by molar-refractivity contribution is 0.103. The van der Waals surface area contributed by atoms with Crippen molar-refractivity contribution in [1.82, 2.24) is 9.13 Å². The zero-order valence-electron chi connectivity index (χ0n) is 29.7. The largest absolute Gasteiger partial charge is 0.289 e. The van der Waals surface area contributed by atoms with Gasteiger partial charge in [0.2, 0.25) is 0 Å². The van der Waals surface area contributed by atoms with Crippen molar-refractivity contribution in [2.45, 2.75) is 0 Å². The molecule has 0 N–H and O–H groups in total. The number of ketones is 3. The molecule has 0 radical (unpaired) electrons. The number of carbonyl (C=O) groups excluding carboxylic acids is 3. The molecule has 0 amide bonds. The predicted molar refractivity (Wildman–Crippen MR) is 222 cm³/mol. The Morgan fingerprint density at radius 1 is 0.456 bits per heavy atom. The maximum Gasteiger partial charge on any atom is 0.266 e. The highest BCUT2D eigenvalue weighted by molar-refractivity contribution is 6.31. The van der Waals surface area contributed by atoms with Crippen molar-refractivity contribution >= 4 is 62.6 Å². The Balaban J connectivity index is 1.23. The first-order valence-electron chi connectivity index (χ1n) is 17.6. The summed E-state index contributed by atoms with van der Waals surface area (Å²) in [4.78, 5) is 96.2. The number of allylic oxidation sites excluding steroid dienone is 2. The zero-order chi connectivity index (χ0) is 39.8. The quantitative estimate of drug-likeness (QED) is 0.104. The van der Waals surface area contributed by atoms with Gasteiger partial charge in [-0.3, -0.25) is 33.6 Å². The van der Waals surface area contributed by atoms with Crippen molar-refractivity contribution in [2.75, 3.05) is 0 Å². The topological polar surface area (TPSA) is 129 Å². The summed E-state index contributed by atoms with van der Waals surface area (Å²) in [6.45, 7) is 0. The van der Waals surface area contributed by atoms with Gasteiger partial charge in [-0.2, -0.15) is 0 Å². The maximum atomic E-state index is 14.3. The van der Waals surface area contributed by atoms with Crippen LogP contribution in [0.2, 0.25) is 5.02 Å². The Labute approximate surface area is 328 Å². The number of fused-ring (bicyclic) bond motifs is 2. The van der Waals surface area contributed by atoms with E-state index in [1.807, 2.05) is 12.1 Å². The van der Waals surface area contributed by atoms with Gasteiger partial charge in [0.05, 0.1) is 32.9 Å². The minimum atomic E-state index is -0.849. The van der Waals surface area contributed by atoms with Crippen molar-refractivity contribution in [3.05, 3.63) is 231 Å². The van der Waals surface area contributed by atoms with E-state index in [9.17, 15) is 33.6 Å². The summed E-state index contributed by atoms with van der Waals surface area (Å²) in [5.41, 5.74) is -0.923. The second-order valence-corrected chi connectivity index (χ2v) is 13.6. The van der Waals surface area contributed by atoms with E-state index in [-0.39, 0.29) is 55.6 Å². The fourth-order valence-corrected chi connectivity index (χ4v) is 6.89. The highest BCUT2D eigenvalue weighted by Gasteiger charge is 2.29. The molecule has 0 atom stereocenters. The lowest BCUT2D eigenvalue weighted by atomic mass is 9.95. The van der Waals surface area contributed by atoms with Crippen LogP contribution >= 0.6 is 11.6 Å². The molecule has 2 aromatic heterocycles. The second kappa shape index (κ2) is 14.9. The van der Waals surface area contributed by atoms with Crippen molar-refractivity contribution in [3.63, 3.8) is 0 Å². The van der Waals surface area contributed by atoms with Crippen LogP contribution in [0.15, 0.2) is 171 Å². The van der Waals surface area contributed by atoms with Crippen LogP contribution in [0, 0.1) is 0 Å². The minimum Gasteiger partial charge on any atom is -0.289 e. The van der Waals surface area contributed by atoms with Gasteiger partial charge in [0.15, 0.2) is 17.3 Å². The third-order valence-corrected chi connectivity index (χ3v) is 9.89. The summed E-state index contributed by atoms with van der Waals surface area (Å²) >= 11 is 6.09. The lowest BCUT2D eigenvalue weighted by Gasteiger charge is -2.05. The Morgan fingerprint density at radius 3 is 1.26 bits per heavy atom. The molecule has 9 nitrogen and oxygen atoms in total. The van der Waals surface area contributed by atoms with E-state index in [4.69, 9.17) is 11.6 Å².